The van der Waals surface area contributed by atoms with Gasteiger partial charge in [-0.25, -0.2) is 8.78 Å². The monoisotopic (exact) mass is 284 g/mol. The zero-order chi connectivity index (χ0) is 10.8. The lowest BCUT2D eigenvalue weighted by Gasteiger charge is -2.13. The normalized spacial score (nSPS) is 11.6. The van der Waals surface area contributed by atoms with E-state index in [1.807, 2.05) is 0 Å². The summed E-state index contributed by atoms with van der Waals surface area (Å²) in [5, 5.41) is 9.84. The Kier molecular flexibility index (Phi) is 3.60. The number of rotatable bonds is 4. The van der Waals surface area contributed by atoms with Crippen molar-refractivity contribution in [3.05, 3.63) is 20.8 Å². The maximum absolute atomic E-state index is 13.3. The molecule has 0 bridgehead atoms. The van der Waals surface area contributed by atoms with Gasteiger partial charge in [0, 0.05) is 10.9 Å². The van der Waals surface area contributed by atoms with Gasteiger partial charge in [-0.2, -0.15) is 0 Å². The lowest BCUT2D eigenvalue weighted by Crippen LogP contribution is -2.14. The molecule has 0 aromatic carbocycles. The van der Waals surface area contributed by atoms with Gasteiger partial charge in [-0.1, -0.05) is 0 Å². The van der Waals surface area contributed by atoms with E-state index >= 15 is 0 Å². The predicted octanol–water partition coefficient (Wildman–Crippen LogP) is 3.47. The average Bonchev–Trinajstić information content (AvgIpc) is 2.48. The van der Waals surface area contributed by atoms with E-state index in [9.17, 15) is 13.6 Å². The summed E-state index contributed by atoms with van der Waals surface area (Å²) < 4.78 is 27.0. The van der Waals surface area contributed by atoms with Gasteiger partial charge in [0.1, 0.15) is 0 Å². The van der Waals surface area contributed by atoms with Crippen molar-refractivity contribution in [2.45, 2.75) is 18.8 Å². The van der Waals surface area contributed by atoms with Crippen LogP contribution in [0.4, 0.5) is 8.78 Å². The topological polar surface area (TPSA) is 37.3 Å². The third-order valence-electron chi connectivity index (χ3n) is 1.60. The second kappa shape index (κ2) is 4.35. The van der Waals surface area contributed by atoms with E-state index in [0.29, 0.717) is 4.47 Å². The molecule has 1 heterocycles. The van der Waals surface area contributed by atoms with Gasteiger partial charge in [0.15, 0.2) is 0 Å². The Morgan fingerprint density at radius 1 is 1.64 bits per heavy atom. The molecule has 0 unspecified atom stereocenters. The number of carbonyl (C=O) groups is 1. The van der Waals surface area contributed by atoms with Crippen LogP contribution in [-0.2, 0) is 10.7 Å². The first-order chi connectivity index (χ1) is 6.43. The molecular formula is C8H7BrF2O2S. The number of hydrogen-bond donors (Lipinski definition) is 1. The molecule has 0 radical (unpaired) electrons. The van der Waals surface area contributed by atoms with E-state index in [2.05, 4.69) is 15.9 Å². The highest BCUT2D eigenvalue weighted by atomic mass is 79.9. The first-order valence-electron chi connectivity index (χ1n) is 3.76. The van der Waals surface area contributed by atoms with Crippen LogP contribution in [-0.4, -0.2) is 11.1 Å². The molecule has 0 spiro atoms. The lowest BCUT2D eigenvalue weighted by atomic mass is 10.1. The summed E-state index contributed by atoms with van der Waals surface area (Å²) in [5.41, 5.74) is 0. The summed E-state index contributed by atoms with van der Waals surface area (Å²) in [4.78, 5) is 10.0. The molecule has 1 N–H and O–H groups in total. The predicted molar refractivity (Wildman–Crippen MR) is 52.8 cm³/mol. The summed E-state index contributed by atoms with van der Waals surface area (Å²) in [7, 11) is 0. The van der Waals surface area contributed by atoms with E-state index in [0.717, 1.165) is 11.3 Å². The first kappa shape index (κ1) is 11.6. The van der Waals surface area contributed by atoms with Crippen molar-refractivity contribution in [3.63, 3.8) is 0 Å². The number of hydrogen-bond acceptors (Lipinski definition) is 2. The molecule has 14 heavy (non-hydrogen) atoms. The molecule has 0 atom stereocenters. The number of aliphatic carboxylic acids is 1. The van der Waals surface area contributed by atoms with Crippen LogP contribution < -0.4 is 0 Å². The Balaban J connectivity index is 2.75. The van der Waals surface area contributed by atoms with Gasteiger partial charge in [0.2, 0.25) is 0 Å². The molecule has 0 saturated carbocycles. The molecule has 0 fully saturated rings. The lowest BCUT2D eigenvalue weighted by molar-refractivity contribution is -0.139. The van der Waals surface area contributed by atoms with E-state index in [1.54, 1.807) is 0 Å². The van der Waals surface area contributed by atoms with Crippen molar-refractivity contribution in [2.24, 2.45) is 0 Å². The minimum absolute atomic E-state index is 0.112. The summed E-state index contributed by atoms with van der Waals surface area (Å²) in [6.07, 6.45) is -1.20. The van der Waals surface area contributed by atoms with Crippen LogP contribution in [0.5, 0.6) is 0 Å². The summed E-state index contributed by atoms with van der Waals surface area (Å²) in [5.74, 6) is -4.27. The van der Waals surface area contributed by atoms with Crippen molar-refractivity contribution in [1.29, 1.82) is 0 Å². The van der Waals surface area contributed by atoms with E-state index in [4.69, 9.17) is 5.11 Å². The Morgan fingerprint density at radius 2 is 2.29 bits per heavy atom. The fraction of sp³-hybridized carbons (Fsp3) is 0.375. The summed E-state index contributed by atoms with van der Waals surface area (Å²) >= 11 is 3.91. The average molecular weight is 285 g/mol. The number of halogens is 3. The number of carboxylic acids is 1. The van der Waals surface area contributed by atoms with Crippen molar-refractivity contribution >= 4 is 33.2 Å². The zero-order valence-electron chi connectivity index (χ0n) is 6.97. The number of alkyl halides is 2. The minimum Gasteiger partial charge on any atom is -0.481 e. The Hall–Kier alpha value is -0.490. The van der Waals surface area contributed by atoms with Gasteiger partial charge in [-0.15, -0.1) is 11.3 Å². The summed E-state index contributed by atoms with van der Waals surface area (Å²) in [6.45, 7) is 0. The SMILES string of the molecule is O=C(O)CCC(F)(F)c1sccc1Br. The highest BCUT2D eigenvalue weighted by Crippen LogP contribution is 2.40. The van der Waals surface area contributed by atoms with Gasteiger partial charge in [-0.3, -0.25) is 4.79 Å². The zero-order valence-corrected chi connectivity index (χ0v) is 9.37. The van der Waals surface area contributed by atoms with Crippen molar-refractivity contribution in [3.8, 4) is 0 Å². The Labute approximate surface area is 91.7 Å². The van der Waals surface area contributed by atoms with Crippen LogP contribution in [0.25, 0.3) is 0 Å². The van der Waals surface area contributed by atoms with Crippen molar-refractivity contribution in [1.82, 2.24) is 0 Å². The molecule has 1 rings (SSSR count). The molecule has 0 amide bonds. The standard InChI is InChI=1S/C8H7BrF2O2S/c9-5-2-4-14-7(5)8(10,11)3-1-6(12)13/h2,4H,1,3H2,(H,12,13). The molecule has 2 nitrogen and oxygen atoms in total. The molecule has 1 aromatic heterocycles. The third-order valence-corrected chi connectivity index (χ3v) is 3.55. The summed E-state index contributed by atoms with van der Waals surface area (Å²) in [6, 6.07) is 1.52. The van der Waals surface area contributed by atoms with Crippen molar-refractivity contribution in [2.75, 3.05) is 0 Å². The van der Waals surface area contributed by atoms with Crippen LogP contribution >= 0.6 is 27.3 Å². The highest BCUT2D eigenvalue weighted by Gasteiger charge is 2.35. The Morgan fingerprint density at radius 3 is 2.71 bits per heavy atom. The van der Waals surface area contributed by atoms with Crippen LogP contribution in [0.1, 0.15) is 17.7 Å². The fourth-order valence-electron chi connectivity index (χ4n) is 0.932. The first-order valence-corrected chi connectivity index (χ1v) is 5.44. The second-order valence-corrected chi connectivity index (χ2v) is 4.47. The van der Waals surface area contributed by atoms with Crippen LogP contribution in [0.2, 0.25) is 0 Å². The van der Waals surface area contributed by atoms with Gasteiger partial charge >= 0.3 is 5.97 Å². The minimum atomic E-state index is -3.06. The third kappa shape index (κ3) is 2.75. The van der Waals surface area contributed by atoms with E-state index in [-0.39, 0.29) is 4.88 Å². The smallest absolute Gasteiger partial charge is 0.303 e. The van der Waals surface area contributed by atoms with E-state index in [1.165, 1.54) is 11.4 Å². The van der Waals surface area contributed by atoms with Gasteiger partial charge in [0.05, 0.1) is 11.3 Å². The highest BCUT2D eigenvalue weighted by molar-refractivity contribution is 9.10. The van der Waals surface area contributed by atoms with Crippen molar-refractivity contribution < 1.29 is 18.7 Å². The van der Waals surface area contributed by atoms with Crippen LogP contribution in [0.3, 0.4) is 0 Å². The molecule has 6 heteroatoms. The van der Waals surface area contributed by atoms with Crippen LogP contribution in [0, 0.1) is 0 Å². The molecule has 0 aliphatic rings. The molecule has 0 saturated heterocycles. The Bertz CT molecular complexity index is 338. The molecule has 1 aromatic rings. The molecule has 0 aliphatic carbocycles. The van der Waals surface area contributed by atoms with Gasteiger partial charge in [-0.05, 0) is 27.4 Å². The molecule has 78 valence electrons. The van der Waals surface area contributed by atoms with Gasteiger partial charge in [0.25, 0.3) is 5.92 Å². The number of carboxylic acid groups (broad SMARTS) is 1. The van der Waals surface area contributed by atoms with Gasteiger partial charge < -0.3 is 5.11 Å². The largest absolute Gasteiger partial charge is 0.481 e. The quantitative estimate of drug-likeness (QED) is 0.919. The van der Waals surface area contributed by atoms with Crippen LogP contribution in [0.15, 0.2) is 15.9 Å². The molecular weight excluding hydrogens is 278 g/mol. The van der Waals surface area contributed by atoms with E-state index < -0.39 is 24.7 Å². The second-order valence-electron chi connectivity index (χ2n) is 2.70. The maximum atomic E-state index is 13.3. The maximum Gasteiger partial charge on any atom is 0.303 e. The molecule has 0 aliphatic heterocycles. The number of thiophene rings is 1. The fourth-order valence-corrected chi connectivity index (χ4v) is 2.61.